The van der Waals surface area contributed by atoms with E-state index in [0.29, 0.717) is 42.9 Å². The van der Waals surface area contributed by atoms with Gasteiger partial charge in [-0.05, 0) is 133 Å². The van der Waals surface area contributed by atoms with Gasteiger partial charge in [-0.25, -0.2) is 13.2 Å². The van der Waals surface area contributed by atoms with Gasteiger partial charge in [-0.1, -0.05) is 61.0 Å². The van der Waals surface area contributed by atoms with Crippen LogP contribution in [0.3, 0.4) is 0 Å². The van der Waals surface area contributed by atoms with Crippen LogP contribution < -0.4 is 14.8 Å². The number of aromatic carboxylic acids is 1. The van der Waals surface area contributed by atoms with Crippen LogP contribution in [0.25, 0.3) is 21.9 Å². The molecule has 2 fully saturated rings. The van der Waals surface area contributed by atoms with Crippen LogP contribution in [0.1, 0.15) is 75.9 Å². The molecule has 63 heavy (non-hydrogen) atoms. The number of ether oxygens (including phenoxy) is 1. The second kappa shape index (κ2) is 19.3. The Balaban J connectivity index is 0.744. The summed E-state index contributed by atoms with van der Waals surface area (Å²) in [7, 11) is -4.12. The minimum atomic E-state index is -4.12. The molecule has 0 aromatic heterocycles. The van der Waals surface area contributed by atoms with E-state index in [0.717, 1.165) is 98.8 Å². The number of piperidine rings is 1. The number of hydrogen-bond acceptors (Lipinski definition) is 9. The quantitative estimate of drug-likeness (QED) is 0.0742. The zero-order valence-corrected chi connectivity index (χ0v) is 36.4. The summed E-state index contributed by atoms with van der Waals surface area (Å²) in [6.45, 7) is 8.93. The number of carbonyl (C=O) groups is 3. The fourth-order valence-electron chi connectivity index (χ4n) is 9.13. The van der Waals surface area contributed by atoms with Crippen LogP contribution in [0.4, 0.5) is 5.69 Å². The Morgan fingerprint density at radius 2 is 1.54 bits per heavy atom. The number of aliphatic hydroxyl groups excluding tert-OH is 1. The third-order valence-corrected chi connectivity index (χ3v) is 14.0. The van der Waals surface area contributed by atoms with Gasteiger partial charge in [0.05, 0.1) is 22.8 Å². The van der Waals surface area contributed by atoms with Gasteiger partial charge in [0, 0.05) is 44.8 Å². The number of hydrogen-bond donors (Lipinski definition) is 4. The predicted molar refractivity (Wildman–Crippen MR) is 242 cm³/mol. The zero-order chi connectivity index (χ0) is 44.1. The number of unbranched alkanes of at least 4 members (excludes halogenated alkanes) is 2. The van der Waals surface area contributed by atoms with E-state index in [1.54, 1.807) is 29.2 Å². The third-order valence-electron chi connectivity index (χ3n) is 12.6. The number of benzene rings is 5. The van der Waals surface area contributed by atoms with Crippen molar-refractivity contribution in [3.8, 4) is 16.9 Å². The minimum Gasteiger partial charge on any atom is -0.494 e. The Hall–Kier alpha value is -5.80. The van der Waals surface area contributed by atoms with E-state index in [4.69, 9.17) is 4.74 Å². The molecule has 0 bridgehead atoms. The van der Waals surface area contributed by atoms with E-state index in [1.165, 1.54) is 23.8 Å². The van der Waals surface area contributed by atoms with Crippen molar-refractivity contribution in [2.24, 2.45) is 0 Å². The molecule has 3 aliphatic rings. The summed E-state index contributed by atoms with van der Waals surface area (Å²) >= 11 is 0. The van der Waals surface area contributed by atoms with E-state index >= 15 is 0 Å². The Morgan fingerprint density at radius 1 is 0.810 bits per heavy atom. The molecule has 8 rings (SSSR count). The van der Waals surface area contributed by atoms with Crippen LogP contribution in [0.5, 0.6) is 5.75 Å². The lowest BCUT2D eigenvalue weighted by Crippen LogP contribution is -2.54. The number of aliphatic hydroxyl groups is 1. The summed E-state index contributed by atoms with van der Waals surface area (Å²) in [6, 6.07) is 28.1. The summed E-state index contributed by atoms with van der Waals surface area (Å²) < 4.78 is 35.5. The summed E-state index contributed by atoms with van der Waals surface area (Å²) in [5, 5.41) is 24.3. The summed E-state index contributed by atoms with van der Waals surface area (Å²) in [6.07, 6.45) is 5.02. The maximum absolute atomic E-state index is 13.5. The molecule has 3 heterocycles. The highest BCUT2D eigenvalue weighted by Gasteiger charge is 2.39. The van der Waals surface area contributed by atoms with Crippen molar-refractivity contribution in [2.75, 3.05) is 50.6 Å². The fraction of sp³-hybridized carbons (Fsp3) is 0.367. The van der Waals surface area contributed by atoms with E-state index in [9.17, 15) is 33.0 Å². The van der Waals surface area contributed by atoms with Gasteiger partial charge in [-0.15, -0.1) is 0 Å². The number of carboxylic acid groups (broad SMARTS) is 1. The molecule has 2 amide bonds. The molecular weight excluding hydrogens is 819 g/mol. The van der Waals surface area contributed by atoms with Crippen molar-refractivity contribution in [3.05, 3.63) is 125 Å². The van der Waals surface area contributed by atoms with Crippen molar-refractivity contribution in [1.29, 1.82) is 0 Å². The molecule has 2 atom stereocenters. The first-order valence-corrected chi connectivity index (χ1v) is 23.4. The Bertz CT molecular complexity index is 2590. The maximum atomic E-state index is 13.5. The van der Waals surface area contributed by atoms with Crippen LogP contribution in [-0.4, -0.2) is 109 Å². The molecule has 4 N–H and O–H groups in total. The van der Waals surface area contributed by atoms with Crippen molar-refractivity contribution in [3.63, 3.8) is 0 Å². The largest absolute Gasteiger partial charge is 0.494 e. The monoisotopic (exact) mass is 873 g/mol. The molecule has 14 heteroatoms. The topological polar surface area (TPSA) is 169 Å². The van der Waals surface area contributed by atoms with E-state index in [-0.39, 0.29) is 28.0 Å². The second-order valence-corrected chi connectivity index (χ2v) is 18.5. The molecule has 5 aromatic carbocycles. The van der Waals surface area contributed by atoms with Gasteiger partial charge in [0.15, 0.2) is 0 Å². The van der Waals surface area contributed by atoms with E-state index < -0.39 is 28.3 Å². The molecule has 0 aliphatic carbocycles. The number of amides is 2. The number of carboxylic acids is 1. The molecule has 0 spiro atoms. The number of piperazine rings is 1. The van der Waals surface area contributed by atoms with Crippen molar-refractivity contribution in [2.45, 2.75) is 75.6 Å². The first-order valence-electron chi connectivity index (χ1n) is 21.9. The first-order chi connectivity index (χ1) is 30.4. The van der Waals surface area contributed by atoms with Crippen LogP contribution in [-0.2, 0) is 27.8 Å². The number of nitrogens with zero attached hydrogens (tertiary/aromatic N) is 3. The van der Waals surface area contributed by atoms with Gasteiger partial charge in [0.1, 0.15) is 18.0 Å². The Morgan fingerprint density at radius 3 is 2.27 bits per heavy atom. The van der Waals surface area contributed by atoms with E-state index in [1.807, 2.05) is 55.5 Å². The van der Waals surface area contributed by atoms with Gasteiger partial charge in [0.2, 0.25) is 5.91 Å². The highest BCUT2D eigenvalue weighted by molar-refractivity contribution is 7.92. The van der Waals surface area contributed by atoms with Gasteiger partial charge >= 0.3 is 5.97 Å². The van der Waals surface area contributed by atoms with Crippen molar-refractivity contribution in [1.82, 2.24) is 20.0 Å². The average molecular weight is 874 g/mol. The summed E-state index contributed by atoms with van der Waals surface area (Å²) in [5.41, 5.74) is 5.41. The number of aryl methyl sites for hydroxylation is 2. The number of carbonyl (C=O) groups excluding carboxylic acids is 2. The molecule has 0 saturated carbocycles. The van der Waals surface area contributed by atoms with Crippen LogP contribution in [0.2, 0.25) is 0 Å². The smallest absolute Gasteiger partial charge is 0.337 e. The van der Waals surface area contributed by atoms with Crippen molar-refractivity contribution >= 4 is 44.3 Å². The number of anilines is 1. The lowest BCUT2D eigenvalue weighted by atomic mass is 9.94. The molecule has 13 nitrogen and oxygen atoms in total. The normalized spacial score (nSPS) is 18.3. The highest BCUT2D eigenvalue weighted by atomic mass is 32.2. The molecule has 330 valence electrons. The van der Waals surface area contributed by atoms with Gasteiger partial charge in [-0.3, -0.25) is 14.3 Å². The number of sulfonamides is 1. The highest BCUT2D eigenvalue weighted by Crippen LogP contribution is 2.35. The molecule has 2 saturated heterocycles. The fourth-order valence-corrected chi connectivity index (χ4v) is 10.2. The standard InChI is InChI=1S/C49H55N5O8S/c1-33-14-20-39(40-12-5-4-11-38(33)40)35-15-21-42(49(58)59)44(31-35)51-63(60,61)37-18-16-36(17-19-37)62-30-8-25-53-28-26-52(27-29-53)24-6-2-3-9-34-10-7-13-41-43(34)32-54(48(41)57)45-22-23-46(55)50-47(45)56/h4-5,7,10-21,31,45-46,51,55H,2-3,6,8-9,22-30,32H2,1H3,(H,50,56)(H,58,59). The van der Waals surface area contributed by atoms with Crippen LogP contribution >= 0.6 is 0 Å². The predicted octanol–water partition coefficient (Wildman–Crippen LogP) is 6.67. The molecule has 2 unspecified atom stereocenters. The van der Waals surface area contributed by atoms with Gasteiger partial charge in [0.25, 0.3) is 15.9 Å². The van der Waals surface area contributed by atoms with Gasteiger partial charge in [-0.2, -0.15) is 0 Å². The molecule has 0 radical (unpaired) electrons. The van der Waals surface area contributed by atoms with Gasteiger partial charge < -0.3 is 35.0 Å². The lowest BCUT2D eigenvalue weighted by Gasteiger charge is -2.34. The van der Waals surface area contributed by atoms with Crippen molar-refractivity contribution < 1.29 is 37.8 Å². The third kappa shape index (κ3) is 10.0. The maximum Gasteiger partial charge on any atom is 0.337 e. The first kappa shape index (κ1) is 43.8. The van der Waals surface area contributed by atoms with Crippen LogP contribution in [0, 0.1) is 6.92 Å². The average Bonchev–Trinajstić information content (AvgIpc) is 3.61. The van der Waals surface area contributed by atoms with Crippen LogP contribution in [0.15, 0.2) is 102 Å². The lowest BCUT2D eigenvalue weighted by molar-refractivity contribution is -0.132. The minimum absolute atomic E-state index is 0.00504. The summed E-state index contributed by atoms with van der Waals surface area (Å²) in [5.74, 6) is -1.07. The number of rotatable bonds is 17. The zero-order valence-electron chi connectivity index (χ0n) is 35.6. The molecular formula is C49H55N5O8S. The molecule has 3 aliphatic heterocycles. The SMILES string of the molecule is Cc1ccc(-c2ccc(C(=O)O)c(NS(=O)(=O)c3ccc(OCCCN4CCN(CCCCCc5cccc6c5CN(C5CCC(O)NC5=O)C6=O)CC4)cc3)c2)c2ccccc12. The number of fused-ring (bicyclic) bond motifs is 2. The summed E-state index contributed by atoms with van der Waals surface area (Å²) in [4.78, 5) is 44.5. The Labute approximate surface area is 368 Å². The Kier molecular flexibility index (Phi) is 13.4. The second-order valence-electron chi connectivity index (χ2n) is 16.8. The molecule has 5 aromatic rings. The number of nitrogens with one attached hydrogen (secondary N) is 2. The van der Waals surface area contributed by atoms with E-state index in [2.05, 4.69) is 25.9 Å².